The van der Waals surface area contributed by atoms with Gasteiger partial charge in [-0.1, -0.05) is 35.9 Å². The molecule has 0 spiro atoms. The molecule has 0 aliphatic carbocycles. The van der Waals surface area contributed by atoms with Gasteiger partial charge in [-0.15, -0.1) is 0 Å². The first-order valence-electron chi connectivity index (χ1n) is 9.95. The van der Waals surface area contributed by atoms with Crippen LogP contribution < -0.4 is 5.32 Å². The number of amides is 1. The Morgan fingerprint density at radius 3 is 2.13 bits per heavy atom. The molecule has 31 heavy (non-hydrogen) atoms. The minimum atomic E-state index is -1.04. The zero-order chi connectivity index (χ0) is 22.3. The van der Waals surface area contributed by atoms with Crippen molar-refractivity contribution >= 4 is 29.2 Å². The summed E-state index contributed by atoms with van der Waals surface area (Å²) >= 11 is 6.01. The lowest BCUT2D eigenvalue weighted by Gasteiger charge is -2.28. The van der Waals surface area contributed by atoms with Gasteiger partial charge in [0.25, 0.3) is 5.91 Å². The molecule has 0 unspecified atom stereocenters. The van der Waals surface area contributed by atoms with Crippen LogP contribution in [0.4, 0.5) is 5.69 Å². The van der Waals surface area contributed by atoms with Gasteiger partial charge in [-0.25, -0.2) is 4.79 Å². The second-order valence-electron chi connectivity index (χ2n) is 6.56. The SMILES string of the molecule is CCO/C=C(/C(=O)Nc1ccc(C2(c3ccc(Cl)cc3)OCCO2)cc1)C(=O)OCC. The summed E-state index contributed by atoms with van der Waals surface area (Å²) in [7, 11) is 0. The highest BCUT2D eigenvalue weighted by molar-refractivity contribution is 6.30. The molecule has 2 aromatic rings. The first-order valence-corrected chi connectivity index (χ1v) is 10.3. The van der Waals surface area contributed by atoms with Gasteiger partial charge in [0, 0.05) is 21.8 Å². The molecule has 1 aliphatic heterocycles. The number of nitrogens with one attached hydrogen (secondary N) is 1. The molecule has 8 heteroatoms. The molecule has 1 saturated heterocycles. The van der Waals surface area contributed by atoms with E-state index in [4.69, 9.17) is 30.5 Å². The van der Waals surface area contributed by atoms with Crippen molar-refractivity contribution in [1.29, 1.82) is 0 Å². The van der Waals surface area contributed by atoms with E-state index in [2.05, 4.69) is 5.32 Å². The number of ether oxygens (including phenoxy) is 4. The molecule has 1 heterocycles. The molecular formula is C23H24ClNO6. The predicted octanol–water partition coefficient (Wildman–Crippen LogP) is 4.01. The number of benzene rings is 2. The van der Waals surface area contributed by atoms with Crippen LogP contribution in [0, 0.1) is 0 Å². The maximum absolute atomic E-state index is 12.6. The van der Waals surface area contributed by atoms with Gasteiger partial charge in [-0.2, -0.15) is 0 Å². The lowest BCUT2D eigenvalue weighted by Crippen LogP contribution is -2.28. The molecule has 1 aliphatic rings. The van der Waals surface area contributed by atoms with Crippen molar-refractivity contribution in [3.8, 4) is 0 Å². The predicted molar refractivity (Wildman–Crippen MR) is 116 cm³/mol. The molecular weight excluding hydrogens is 422 g/mol. The molecule has 0 aromatic heterocycles. The van der Waals surface area contributed by atoms with Crippen molar-refractivity contribution in [2.75, 3.05) is 31.7 Å². The summed E-state index contributed by atoms with van der Waals surface area (Å²) in [5, 5.41) is 3.30. The Morgan fingerprint density at radius 2 is 1.58 bits per heavy atom. The van der Waals surface area contributed by atoms with E-state index in [1.807, 2.05) is 12.1 Å². The molecule has 1 fully saturated rings. The average molecular weight is 446 g/mol. The Bertz CT molecular complexity index is 934. The van der Waals surface area contributed by atoms with Crippen LogP contribution in [0.2, 0.25) is 5.02 Å². The lowest BCUT2D eigenvalue weighted by molar-refractivity contribution is -0.140. The van der Waals surface area contributed by atoms with Crippen LogP contribution >= 0.6 is 11.6 Å². The fraction of sp³-hybridized carbons (Fsp3) is 0.304. The Labute approximate surface area is 185 Å². The van der Waals surface area contributed by atoms with E-state index in [-0.39, 0.29) is 12.2 Å². The van der Waals surface area contributed by atoms with Crippen molar-refractivity contribution in [1.82, 2.24) is 0 Å². The third-order valence-corrected chi connectivity index (χ3v) is 4.80. The molecule has 2 aromatic carbocycles. The van der Waals surface area contributed by atoms with Gasteiger partial charge >= 0.3 is 5.97 Å². The highest BCUT2D eigenvalue weighted by atomic mass is 35.5. The van der Waals surface area contributed by atoms with Gasteiger partial charge in [0.15, 0.2) is 5.57 Å². The normalized spacial score (nSPS) is 15.4. The lowest BCUT2D eigenvalue weighted by atomic mass is 9.97. The Balaban J connectivity index is 1.80. The van der Waals surface area contributed by atoms with Gasteiger partial charge in [0.1, 0.15) is 6.26 Å². The monoisotopic (exact) mass is 445 g/mol. The van der Waals surface area contributed by atoms with Gasteiger partial charge in [0.2, 0.25) is 5.79 Å². The maximum Gasteiger partial charge on any atom is 0.346 e. The quantitative estimate of drug-likeness (QED) is 0.217. The van der Waals surface area contributed by atoms with Crippen LogP contribution in [0.25, 0.3) is 0 Å². The van der Waals surface area contributed by atoms with Gasteiger partial charge < -0.3 is 24.3 Å². The van der Waals surface area contributed by atoms with Gasteiger partial charge in [-0.3, -0.25) is 4.79 Å². The molecule has 0 bridgehead atoms. The zero-order valence-corrected chi connectivity index (χ0v) is 18.1. The van der Waals surface area contributed by atoms with E-state index < -0.39 is 17.7 Å². The summed E-state index contributed by atoms with van der Waals surface area (Å²) in [6.07, 6.45) is 1.11. The van der Waals surface area contributed by atoms with Gasteiger partial charge in [0.05, 0.1) is 26.4 Å². The summed E-state index contributed by atoms with van der Waals surface area (Å²) in [5.74, 6) is -2.42. The summed E-state index contributed by atoms with van der Waals surface area (Å²) < 4.78 is 22.0. The van der Waals surface area contributed by atoms with Crippen molar-refractivity contribution in [2.45, 2.75) is 19.6 Å². The van der Waals surface area contributed by atoms with E-state index >= 15 is 0 Å². The molecule has 3 rings (SSSR count). The number of esters is 1. The van der Waals surface area contributed by atoms with E-state index in [1.54, 1.807) is 50.2 Å². The van der Waals surface area contributed by atoms with E-state index in [1.165, 1.54) is 0 Å². The van der Waals surface area contributed by atoms with Crippen LogP contribution in [-0.2, 0) is 34.3 Å². The molecule has 7 nitrogen and oxygen atoms in total. The maximum atomic E-state index is 12.6. The number of carbonyl (C=O) groups is 2. The fourth-order valence-electron chi connectivity index (χ4n) is 3.12. The number of carbonyl (C=O) groups excluding carboxylic acids is 2. The Kier molecular flexibility index (Phi) is 7.68. The van der Waals surface area contributed by atoms with Crippen LogP contribution in [0.1, 0.15) is 25.0 Å². The number of hydrogen-bond donors (Lipinski definition) is 1. The molecule has 1 N–H and O–H groups in total. The van der Waals surface area contributed by atoms with Crippen LogP contribution in [0.3, 0.4) is 0 Å². The average Bonchev–Trinajstić information content (AvgIpc) is 3.26. The second-order valence-corrected chi connectivity index (χ2v) is 7.00. The van der Waals surface area contributed by atoms with E-state index in [0.29, 0.717) is 30.5 Å². The standard InChI is InChI=1S/C23H24ClNO6/c1-3-28-15-20(22(27)29-4-2)21(26)25-19-11-7-17(8-12-19)23(30-13-14-31-23)16-5-9-18(24)10-6-16/h5-12,15H,3-4,13-14H2,1-2H3,(H,25,26)/b20-15-. The summed E-state index contributed by atoms with van der Waals surface area (Å²) in [5.41, 5.74) is 1.86. The number of halogens is 1. The molecule has 0 atom stereocenters. The molecule has 164 valence electrons. The second kappa shape index (κ2) is 10.4. The van der Waals surface area contributed by atoms with Crippen LogP contribution in [-0.4, -0.2) is 38.3 Å². The smallest absolute Gasteiger partial charge is 0.346 e. The van der Waals surface area contributed by atoms with Crippen molar-refractivity contribution in [3.05, 3.63) is 76.5 Å². The van der Waals surface area contributed by atoms with Gasteiger partial charge in [-0.05, 0) is 38.1 Å². The highest BCUT2D eigenvalue weighted by Gasteiger charge is 2.40. The molecule has 1 amide bonds. The third-order valence-electron chi connectivity index (χ3n) is 4.55. The largest absolute Gasteiger partial charge is 0.500 e. The van der Waals surface area contributed by atoms with Crippen molar-refractivity contribution in [3.63, 3.8) is 0 Å². The fourth-order valence-corrected chi connectivity index (χ4v) is 3.25. The summed E-state index contributed by atoms with van der Waals surface area (Å²) in [6, 6.07) is 14.3. The first kappa shape index (κ1) is 22.8. The van der Waals surface area contributed by atoms with E-state index in [0.717, 1.165) is 17.4 Å². The van der Waals surface area contributed by atoms with Crippen LogP contribution in [0.5, 0.6) is 0 Å². The minimum absolute atomic E-state index is 0.150. The topological polar surface area (TPSA) is 83.1 Å². The minimum Gasteiger partial charge on any atom is -0.500 e. The Morgan fingerprint density at radius 1 is 1.00 bits per heavy atom. The summed E-state index contributed by atoms with van der Waals surface area (Å²) in [6.45, 7) is 4.78. The zero-order valence-electron chi connectivity index (χ0n) is 17.4. The summed E-state index contributed by atoms with van der Waals surface area (Å²) in [4.78, 5) is 24.6. The Hall–Kier alpha value is -2.87. The van der Waals surface area contributed by atoms with E-state index in [9.17, 15) is 9.59 Å². The number of hydrogen-bond acceptors (Lipinski definition) is 6. The molecule has 0 radical (unpaired) electrons. The first-order chi connectivity index (χ1) is 15.0. The number of rotatable bonds is 8. The van der Waals surface area contributed by atoms with Crippen molar-refractivity contribution < 1.29 is 28.5 Å². The highest BCUT2D eigenvalue weighted by Crippen LogP contribution is 2.39. The third kappa shape index (κ3) is 5.25. The van der Waals surface area contributed by atoms with Crippen LogP contribution in [0.15, 0.2) is 60.4 Å². The molecule has 0 saturated carbocycles. The number of anilines is 1. The van der Waals surface area contributed by atoms with Crippen molar-refractivity contribution in [2.24, 2.45) is 0 Å².